The maximum absolute atomic E-state index is 12.9. The fourth-order valence-corrected chi connectivity index (χ4v) is 5.88. The van der Waals surface area contributed by atoms with Gasteiger partial charge in [0.25, 0.3) is 0 Å². The van der Waals surface area contributed by atoms with Gasteiger partial charge in [0.15, 0.2) is 0 Å². The summed E-state index contributed by atoms with van der Waals surface area (Å²) in [6.07, 6.45) is 9.31. The largest absolute Gasteiger partial charge is 0.458 e. The minimum atomic E-state index is -0.259. The second-order valence-corrected chi connectivity index (χ2v) is 9.41. The standard InChI is InChI=1S/C21H28ClN3O3S/c1-13-16-18(25-11-6-5-7-14(25)10-12-26)23-21(22)24-19(16)29-17(13)20(27)28-15-8-3-2-4-9-15/h14-15,26H,2-12H2,1H3. The number of aliphatic hydroxyl groups excluding tert-OH is 1. The van der Waals surface area contributed by atoms with Crippen LogP contribution in [-0.4, -0.2) is 46.3 Å². The molecule has 0 amide bonds. The summed E-state index contributed by atoms with van der Waals surface area (Å²) < 4.78 is 5.81. The van der Waals surface area contributed by atoms with E-state index >= 15 is 0 Å². The Morgan fingerprint density at radius 3 is 2.72 bits per heavy atom. The van der Waals surface area contributed by atoms with Crippen LogP contribution in [0.5, 0.6) is 0 Å². The molecule has 158 valence electrons. The van der Waals surface area contributed by atoms with E-state index in [1.807, 2.05) is 6.92 Å². The monoisotopic (exact) mass is 437 g/mol. The lowest BCUT2D eigenvalue weighted by molar-refractivity contribution is 0.0216. The molecule has 4 rings (SSSR count). The lowest BCUT2D eigenvalue weighted by Crippen LogP contribution is -2.40. The SMILES string of the molecule is Cc1c(C(=O)OC2CCCCC2)sc2nc(Cl)nc(N3CCCCC3CCO)c12. The molecule has 1 N–H and O–H groups in total. The minimum Gasteiger partial charge on any atom is -0.458 e. The zero-order valence-electron chi connectivity index (χ0n) is 16.8. The Bertz CT molecular complexity index is 880. The van der Waals surface area contributed by atoms with Crippen molar-refractivity contribution in [3.8, 4) is 0 Å². The number of anilines is 1. The molecule has 6 nitrogen and oxygen atoms in total. The summed E-state index contributed by atoms with van der Waals surface area (Å²) in [5, 5.41) is 10.6. The first-order valence-corrected chi connectivity index (χ1v) is 11.8. The first-order valence-electron chi connectivity index (χ1n) is 10.6. The number of hydrogen-bond acceptors (Lipinski definition) is 7. The molecule has 1 unspecified atom stereocenters. The first-order chi connectivity index (χ1) is 14.1. The summed E-state index contributed by atoms with van der Waals surface area (Å²) in [5.74, 6) is 0.522. The molecule has 8 heteroatoms. The topological polar surface area (TPSA) is 75.5 Å². The van der Waals surface area contributed by atoms with Crippen molar-refractivity contribution in [2.24, 2.45) is 0 Å². The fraction of sp³-hybridized carbons (Fsp3) is 0.667. The molecular formula is C21H28ClN3O3S. The van der Waals surface area contributed by atoms with E-state index in [0.29, 0.717) is 11.3 Å². The smallest absolute Gasteiger partial charge is 0.348 e. The molecule has 29 heavy (non-hydrogen) atoms. The molecule has 1 aliphatic carbocycles. The van der Waals surface area contributed by atoms with Crippen molar-refractivity contribution in [2.45, 2.75) is 76.9 Å². The van der Waals surface area contributed by atoms with Gasteiger partial charge in [0.05, 0.1) is 5.39 Å². The average molecular weight is 438 g/mol. The molecule has 2 aliphatic rings. The molecule has 0 spiro atoms. The lowest BCUT2D eigenvalue weighted by Gasteiger charge is -2.37. The summed E-state index contributed by atoms with van der Waals surface area (Å²) in [5.41, 5.74) is 0.866. The number of aromatic nitrogens is 2. The number of thiophene rings is 1. The van der Waals surface area contributed by atoms with Crippen molar-refractivity contribution < 1.29 is 14.6 Å². The Morgan fingerprint density at radius 2 is 1.97 bits per heavy atom. The van der Waals surface area contributed by atoms with Gasteiger partial charge in [-0.1, -0.05) is 6.42 Å². The molecule has 0 aromatic carbocycles. The molecule has 1 aliphatic heterocycles. The number of fused-ring (bicyclic) bond motifs is 1. The number of aliphatic hydroxyl groups is 1. The number of rotatable bonds is 5. The molecule has 3 heterocycles. The van der Waals surface area contributed by atoms with E-state index in [1.54, 1.807) is 0 Å². The Kier molecular flexibility index (Phi) is 6.56. The van der Waals surface area contributed by atoms with Crippen LogP contribution in [-0.2, 0) is 4.74 Å². The van der Waals surface area contributed by atoms with Gasteiger partial charge in [-0.3, -0.25) is 0 Å². The number of halogens is 1. The molecule has 1 atom stereocenters. The van der Waals surface area contributed by atoms with Crippen LogP contribution in [0.25, 0.3) is 10.2 Å². The van der Waals surface area contributed by atoms with Crippen molar-refractivity contribution >= 4 is 44.9 Å². The number of esters is 1. The lowest BCUT2D eigenvalue weighted by atomic mass is 9.98. The third-order valence-corrected chi connectivity index (χ3v) is 7.45. The first kappa shape index (κ1) is 20.8. The van der Waals surface area contributed by atoms with Crippen LogP contribution in [0.3, 0.4) is 0 Å². The van der Waals surface area contributed by atoms with Crippen LogP contribution in [0.1, 0.15) is 73.0 Å². The third-order valence-electron chi connectivity index (χ3n) is 6.12. The number of ether oxygens (including phenoxy) is 1. The van der Waals surface area contributed by atoms with Crippen molar-refractivity contribution in [1.29, 1.82) is 0 Å². The van der Waals surface area contributed by atoms with Gasteiger partial charge in [0.2, 0.25) is 5.28 Å². The average Bonchev–Trinajstić information content (AvgIpc) is 3.05. The zero-order valence-corrected chi connectivity index (χ0v) is 18.4. The Balaban J connectivity index is 1.69. The van der Waals surface area contributed by atoms with Crippen molar-refractivity contribution in [2.75, 3.05) is 18.1 Å². The molecule has 0 radical (unpaired) electrons. The van der Waals surface area contributed by atoms with Crippen LogP contribution in [0.4, 0.5) is 5.82 Å². The summed E-state index contributed by atoms with van der Waals surface area (Å²) in [7, 11) is 0. The van der Waals surface area contributed by atoms with Crippen LogP contribution < -0.4 is 4.90 Å². The quantitative estimate of drug-likeness (QED) is 0.530. The molecular weight excluding hydrogens is 410 g/mol. The maximum Gasteiger partial charge on any atom is 0.348 e. The summed E-state index contributed by atoms with van der Waals surface area (Å²) in [6.45, 7) is 2.96. The number of hydrogen-bond donors (Lipinski definition) is 1. The van der Waals surface area contributed by atoms with E-state index in [9.17, 15) is 9.90 Å². The third kappa shape index (κ3) is 4.37. The highest BCUT2D eigenvalue weighted by atomic mass is 35.5. The number of carbonyl (C=O) groups is 1. The van der Waals surface area contributed by atoms with Crippen molar-refractivity contribution in [1.82, 2.24) is 9.97 Å². The van der Waals surface area contributed by atoms with Gasteiger partial charge < -0.3 is 14.7 Å². The predicted molar refractivity (Wildman–Crippen MR) is 116 cm³/mol. The number of aryl methyl sites for hydroxylation is 1. The molecule has 2 aromatic heterocycles. The van der Waals surface area contributed by atoms with E-state index in [1.165, 1.54) is 17.8 Å². The fourth-order valence-electron chi connectivity index (χ4n) is 4.61. The van der Waals surface area contributed by atoms with E-state index < -0.39 is 0 Å². The van der Waals surface area contributed by atoms with Gasteiger partial charge in [-0.2, -0.15) is 4.98 Å². The number of nitrogens with zero attached hydrogens (tertiary/aromatic N) is 3. The highest BCUT2D eigenvalue weighted by Gasteiger charge is 2.29. The number of piperidine rings is 1. The van der Waals surface area contributed by atoms with E-state index in [4.69, 9.17) is 16.3 Å². The number of carbonyl (C=O) groups excluding carboxylic acids is 1. The van der Waals surface area contributed by atoms with Crippen molar-refractivity contribution in [3.05, 3.63) is 15.7 Å². The normalized spacial score (nSPS) is 20.9. The highest BCUT2D eigenvalue weighted by Crippen LogP contribution is 2.39. The zero-order chi connectivity index (χ0) is 20.4. The van der Waals surface area contributed by atoms with Crippen LogP contribution in [0.15, 0.2) is 0 Å². The van der Waals surface area contributed by atoms with Gasteiger partial charge in [0.1, 0.15) is 21.6 Å². The van der Waals surface area contributed by atoms with Gasteiger partial charge in [-0.05, 0) is 75.5 Å². The summed E-state index contributed by atoms with van der Waals surface area (Å²) in [4.78, 5) is 25.4. The van der Waals surface area contributed by atoms with E-state index in [2.05, 4.69) is 14.9 Å². The highest BCUT2D eigenvalue weighted by molar-refractivity contribution is 7.20. The maximum atomic E-state index is 12.9. The Hall–Kier alpha value is -1.44. The van der Waals surface area contributed by atoms with Crippen LogP contribution in [0, 0.1) is 6.92 Å². The molecule has 2 aromatic rings. The van der Waals surface area contributed by atoms with Crippen molar-refractivity contribution in [3.63, 3.8) is 0 Å². The van der Waals surface area contributed by atoms with Gasteiger partial charge in [-0.15, -0.1) is 11.3 Å². The predicted octanol–water partition coefficient (Wildman–Crippen LogP) is 4.88. The Labute approximate surface area is 180 Å². The van der Waals surface area contributed by atoms with Gasteiger partial charge in [0, 0.05) is 19.2 Å². The van der Waals surface area contributed by atoms with E-state index in [-0.39, 0.29) is 30.0 Å². The molecule has 0 bridgehead atoms. The van der Waals surface area contributed by atoms with Gasteiger partial charge >= 0.3 is 5.97 Å². The van der Waals surface area contributed by atoms with Crippen LogP contribution in [0.2, 0.25) is 5.28 Å². The summed E-state index contributed by atoms with van der Waals surface area (Å²) >= 11 is 7.60. The molecule has 1 saturated heterocycles. The van der Waals surface area contributed by atoms with Crippen LogP contribution >= 0.6 is 22.9 Å². The second kappa shape index (κ2) is 9.14. The van der Waals surface area contributed by atoms with Gasteiger partial charge in [-0.25, -0.2) is 9.78 Å². The Morgan fingerprint density at radius 1 is 1.21 bits per heavy atom. The second-order valence-electron chi connectivity index (χ2n) is 8.07. The molecule has 2 fully saturated rings. The minimum absolute atomic E-state index is 0.0195. The summed E-state index contributed by atoms with van der Waals surface area (Å²) in [6, 6.07) is 0.222. The van der Waals surface area contributed by atoms with E-state index in [0.717, 1.165) is 73.1 Å². The molecule has 1 saturated carbocycles.